The highest BCUT2D eigenvalue weighted by Gasteiger charge is 2.17. The maximum Gasteiger partial charge on any atom is 0.119 e. The SMILES string of the molecule is CCC(C)CC1CC=C(c2ccc(OCc3ccccc3)cc2)CC1. The van der Waals surface area contributed by atoms with Crippen molar-refractivity contribution in [2.24, 2.45) is 11.8 Å². The molecule has 0 N–H and O–H groups in total. The van der Waals surface area contributed by atoms with E-state index in [1.54, 1.807) is 0 Å². The van der Waals surface area contributed by atoms with Gasteiger partial charge in [0.1, 0.15) is 12.4 Å². The summed E-state index contributed by atoms with van der Waals surface area (Å²) in [5, 5.41) is 0. The number of rotatable bonds is 7. The van der Waals surface area contributed by atoms with Crippen molar-refractivity contribution in [3.05, 3.63) is 71.8 Å². The van der Waals surface area contributed by atoms with Gasteiger partial charge in [-0.1, -0.05) is 68.8 Å². The molecule has 0 fully saturated rings. The molecular weight excluding hydrogens is 304 g/mol. The Balaban J connectivity index is 1.54. The minimum Gasteiger partial charge on any atom is -0.489 e. The molecule has 3 rings (SSSR count). The first-order valence-corrected chi connectivity index (χ1v) is 9.70. The fourth-order valence-corrected chi connectivity index (χ4v) is 3.61. The van der Waals surface area contributed by atoms with Gasteiger partial charge in [-0.2, -0.15) is 0 Å². The summed E-state index contributed by atoms with van der Waals surface area (Å²) in [6.45, 7) is 5.31. The quantitative estimate of drug-likeness (QED) is 0.536. The second kappa shape index (κ2) is 8.89. The molecule has 2 aromatic rings. The molecule has 0 heterocycles. The number of hydrogen-bond acceptors (Lipinski definition) is 1. The van der Waals surface area contributed by atoms with Gasteiger partial charge >= 0.3 is 0 Å². The Kier molecular flexibility index (Phi) is 6.33. The van der Waals surface area contributed by atoms with Crippen LogP contribution in [0.3, 0.4) is 0 Å². The first-order chi connectivity index (χ1) is 12.2. The second-order valence-electron chi connectivity index (χ2n) is 7.42. The Morgan fingerprint density at radius 1 is 1.04 bits per heavy atom. The minimum atomic E-state index is 0.625. The van der Waals surface area contributed by atoms with Gasteiger partial charge in [-0.15, -0.1) is 0 Å². The fourth-order valence-electron chi connectivity index (χ4n) is 3.61. The van der Waals surface area contributed by atoms with Crippen LogP contribution in [0.25, 0.3) is 5.57 Å². The van der Waals surface area contributed by atoms with E-state index in [2.05, 4.69) is 56.3 Å². The summed E-state index contributed by atoms with van der Waals surface area (Å²) in [5.74, 6) is 2.69. The molecule has 0 aliphatic heterocycles. The molecule has 1 heteroatoms. The summed E-state index contributed by atoms with van der Waals surface area (Å²) >= 11 is 0. The predicted octanol–water partition coefficient (Wildman–Crippen LogP) is 6.89. The summed E-state index contributed by atoms with van der Waals surface area (Å²) in [5.41, 5.74) is 4.07. The summed E-state index contributed by atoms with van der Waals surface area (Å²) in [4.78, 5) is 0. The normalized spacial score (nSPS) is 18.5. The molecule has 1 aliphatic rings. The molecule has 2 atom stereocenters. The molecular formula is C24H30O. The minimum absolute atomic E-state index is 0.625. The van der Waals surface area contributed by atoms with Crippen LogP contribution in [0.2, 0.25) is 0 Å². The van der Waals surface area contributed by atoms with Crippen LogP contribution in [0.4, 0.5) is 0 Å². The van der Waals surface area contributed by atoms with Gasteiger partial charge in [-0.05, 0) is 66.4 Å². The van der Waals surface area contributed by atoms with Crippen LogP contribution < -0.4 is 4.74 Å². The zero-order valence-corrected chi connectivity index (χ0v) is 15.6. The molecule has 0 aromatic heterocycles. The van der Waals surface area contributed by atoms with Gasteiger partial charge in [0.25, 0.3) is 0 Å². The van der Waals surface area contributed by atoms with Crippen LogP contribution in [-0.2, 0) is 6.61 Å². The monoisotopic (exact) mass is 334 g/mol. The summed E-state index contributed by atoms with van der Waals surface area (Å²) in [6, 6.07) is 18.9. The van der Waals surface area contributed by atoms with E-state index in [4.69, 9.17) is 4.74 Å². The zero-order chi connectivity index (χ0) is 17.5. The van der Waals surface area contributed by atoms with E-state index < -0.39 is 0 Å². The van der Waals surface area contributed by atoms with Crippen LogP contribution in [0.5, 0.6) is 5.75 Å². The van der Waals surface area contributed by atoms with Gasteiger partial charge in [0.05, 0.1) is 0 Å². The average Bonchev–Trinajstić information content (AvgIpc) is 2.68. The van der Waals surface area contributed by atoms with Crippen LogP contribution in [0, 0.1) is 11.8 Å². The maximum absolute atomic E-state index is 5.89. The van der Waals surface area contributed by atoms with Crippen molar-refractivity contribution in [1.29, 1.82) is 0 Å². The van der Waals surface area contributed by atoms with Crippen molar-refractivity contribution in [2.45, 2.75) is 52.6 Å². The molecule has 0 spiro atoms. The third kappa shape index (κ3) is 5.22. The van der Waals surface area contributed by atoms with E-state index in [0.717, 1.165) is 17.6 Å². The van der Waals surface area contributed by atoms with Crippen molar-refractivity contribution in [1.82, 2.24) is 0 Å². The number of ether oxygens (including phenoxy) is 1. The second-order valence-corrected chi connectivity index (χ2v) is 7.42. The van der Waals surface area contributed by atoms with Gasteiger partial charge in [0.15, 0.2) is 0 Å². The Morgan fingerprint density at radius 3 is 2.44 bits per heavy atom. The van der Waals surface area contributed by atoms with E-state index in [9.17, 15) is 0 Å². The van der Waals surface area contributed by atoms with E-state index in [1.165, 1.54) is 48.8 Å². The molecule has 132 valence electrons. The van der Waals surface area contributed by atoms with Gasteiger partial charge in [0.2, 0.25) is 0 Å². The summed E-state index contributed by atoms with van der Waals surface area (Å²) < 4.78 is 5.89. The van der Waals surface area contributed by atoms with Crippen LogP contribution in [0.15, 0.2) is 60.7 Å². The molecule has 0 amide bonds. The molecule has 0 saturated carbocycles. The Labute approximate surface area is 152 Å². The highest BCUT2D eigenvalue weighted by atomic mass is 16.5. The highest BCUT2D eigenvalue weighted by molar-refractivity contribution is 5.66. The van der Waals surface area contributed by atoms with Crippen LogP contribution in [0.1, 0.15) is 57.1 Å². The van der Waals surface area contributed by atoms with Crippen LogP contribution in [-0.4, -0.2) is 0 Å². The van der Waals surface area contributed by atoms with Crippen molar-refractivity contribution in [3.63, 3.8) is 0 Å². The van der Waals surface area contributed by atoms with Gasteiger partial charge in [-0.25, -0.2) is 0 Å². The van der Waals surface area contributed by atoms with Crippen molar-refractivity contribution in [3.8, 4) is 5.75 Å². The Morgan fingerprint density at radius 2 is 1.80 bits per heavy atom. The maximum atomic E-state index is 5.89. The first kappa shape index (κ1) is 17.8. The average molecular weight is 335 g/mol. The fraction of sp³-hybridized carbons (Fsp3) is 0.417. The van der Waals surface area contributed by atoms with E-state index >= 15 is 0 Å². The molecule has 1 nitrogen and oxygen atoms in total. The molecule has 0 bridgehead atoms. The first-order valence-electron chi connectivity index (χ1n) is 9.70. The lowest BCUT2D eigenvalue weighted by Crippen LogP contribution is -2.09. The smallest absolute Gasteiger partial charge is 0.119 e. The molecule has 25 heavy (non-hydrogen) atoms. The third-order valence-electron chi connectivity index (χ3n) is 5.43. The third-order valence-corrected chi connectivity index (χ3v) is 5.43. The molecule has 2 aromatic carbocycles. The molecule has 2 unspecified atom stereocenters. The number of hydrogen-bond donors (Lipinski definition) is 0. The lowest BCUT2D eigenvalue weighted by molar-refractivity contribution is 0.306. The summed E-state index contributed by atoms with van der Waals surface area (Å²) in [7, 11) is 0. The van der Waals surface area contributed by atoms with Gasteiger partial charge < -0.3 is 4.74 Å². The highest BCUT2D eigenvalue weighted by Crippen LogP contribution is 2.34. The lowest BCUT2D eigenvalue weighted by Gasteiger charge is -2.24. The number of benzene rings is 2. The Bertz CT molecular complexity index is 669. The molecule has 1 aliphatic carbocycles. The largest absolute Gasteiger partial charge is 0.489 e. The zero-order valence-electron chi connectivity index (χ0n) is 15.6. The molecule has 0 radical (unpaired) electrons. The lowest BCUT2D eigenvalue weighted by atomic mass is 9.81. The van der Waals surface area contributed by atoms with Crippen molar-refractivity contribution in [2.75, 3.05) is 0 Å². The van der Waals surface area contributed by atoms with Crippen molar-refractivity contribution < 1.29 is 4.74 Å². The molecule has 0 saturated heterocycles. The number of allylic oxidation sites excluding steroid dienone is 2. The van der Waals surface area contributed by atoms with E-state index in [1.807, 2.05) is 18.2 Å². The summed E-state index contributed by atoms with van der Waals surface area (Å²) in [6.07, 6.45) is 8.94. The van der Waals surface area contributed by atoms with Crippen LogP contribution >= 0.6 is 0 Å². The predicted molar refractivity (Wildman–Crippen MR) is 107 cm³/mol. The van der Waals surface area contributed by atoms with E-state index in [-0.39, 0.29) is 0 Å². The topological polar surface area (TPSA) is 9.23 Å². The van der Waals surface area contributed by atoms with Gasteiger partial charge in [0, 0.05) is 0 Å². The standard InChI is InChI=1S/C24H30O/c1-3-19(2)17-20-9-11-22(12-10-20)23-13-15-24(16-14-23)25-18-21-7-5-4-6-8-21/h4-8,11,13-16,19-20H,3,9-10,12,17-18H2,1-2H3. The van der Waals surface area contributed by atoms with E-state index in [0.29, 0.717) is 6.61 Å². The van der Waals surface area contributed by atoms with Gasteiger partial charge in [-0.3, -0.25) is 0 Å². The Hall–Kier alpha value is -2.02. The van der Waals surface area contributed by atoms with Crippen molar-refractivity contribution >= 4 is 5.57 Å².